The van der Waals surface area contributed by atoms with Crippen molar-refractivity contribution in [3.8, 4) is 0 Å². The van der Waals surface area contributed by atoms with Crippen LogP contribution in [0.2, 0.25) is 0 Å². The molecule has 0 aliphatic rings. The maximum Gasteiger partial charge on any atom is 0.0947 e. The Morgan fingerprint density at radius 2 is 1.40 bits per heavy atom. The van der Waals surface area contributed by atoms with E-state index >= 15 is 0 Å². The Morgan fingerprint density at radius 1 is 0.840 bits per heavy atom. The van der Waals surface area contributed by atoms with E-state index in [9.17, 15) is 15.3 Å². The molecule has 25 heavy (non-hydrogen) atoms. The SMILES string of the molecule is CC(C)CCCCCCCOC(c1ccccc1)C(CO)(CO)CO. The molecule has 4 heteroatoms. The second kappa shape index (κ2) is 12.4. The molecular formula is C21H36O4. The van der Waals surface area contributed by atoms with Crippen LogP contribution in [0.15, 0.2) is 30.3 Å². The highest BCUT2D eigenvalue weighted by atomic mass is 16.5. The molecule has 3 N–H and O–H groups in total. The summed E-state index contributed by atoms with van der Waals surface area (Å²) in [5, 5.41) is 29.3. The van der Waals surface area contributed by atoms with Crippen molar-refractivity contribution in [2.75, 3.05) is 26.4 Å². The molecule has 0 aliphatic heterocycles. The normalized spacial score (nSPS) is 13.4. The molecule has 1 unspecified atom stereocenters. The first-order valence-corrected chi connectivity index (χ1v) is 9.58. The summed E-state index contributed by atoms with van der Waals surface area (Å²) in [4.78, 5) is 0. The summed E-state index contributed by atoms with van der Waals surface area (Å²) in [6, 6.07) is 9.53. The number of unbranched alkanes of at least 4 members (excludes halogenated alkanes) is 4. The van der Waals surface area contributed by atoms with Gasteiger partial charge in [-0.05, 0) is 17.9 Å². The van der Waals surface area contributed by atoms with Gasteiger partial charge in [-0.3, -0.25) is 0 Å². The smallest absolute Gasteiger partial charge is 0.0947 e. The van der Waals surface area contributed by atoms with Crippen LogP contribution in [-0.2, 0) is 4.74 Å². The van der Waals surface area contributed by atoms with Crippen molar-refractivity contribution in [3.63, 3.8) is 0 Å². The van der Waals surface area contributed by atoms with E-state index in [-0.39, 0.29) is 19.8 Å². The zero-order valence-electron chi connectivity index (χ0n) is 15.9. The fourth-order valence-corrected chi connectivity index (χ4v) is 3.04. The first kappa shape index (κ1) is 22.1. The minimum Gasteiger partial charge on any atom is -0.395 e. The second-order valence-electron chi connectivity index (χ2n) is 7.45. The molecule has 0 saturated heterocycles. The lowest BCUT2D eigenvalue weighted by molar-refractivity contribution is -0.117. The fraction of sp³-hybridized carbons (Fsp3) is 0.714. The van der Waals surface area contributed by atoms with Crippen molar-refractivity contribution in [2.24, 2.45) is 11.3 Å². The Balaban J connectivity index is 2.50. The molecule has 0 heterocycles. The topological polar surface area (TPSA) is 69.9 Å². The van der Waals surface area contributed by atoms with Crippen LogP contribution in [0.5, 0.6) is 0 Å². The monoisotopic (exact) mass is 352 g/mol. The maximum atomic E-state index is 9.75. The second-order valence-corrected chi connectivity index (χ2v) is 7.45. The van der Waals surface area contributed by atoms with Gasteiger partial charge in [0.15, 0.2) is 0 Å². The lowest BCUT2D eigenvalue weighted by Crippen LogP contribution is -2.41. The van der Waals surface area contributed by atoms with Gasteiger partial charge in [-0.1, -0.05) is 76.3 Å². The number of benzene rings is 1. The van der Waals surface area contributed by atoms with Gasteiger partial charge in [0.25, 0.3) is 0 Å². The third-order valence-electron chi connectivity index (χ3n) is 4.81. The molecule has 0 bridgehead atoms. The van der Waals surface area contributed by atoms with E-state index in [0.717, 1.165) is 24.3 Å². The Hall–Kier alpha value is -0.940. The highest BCUT2D eigenvalue weighted by Crippen LogP contribution is 2.36. The van der Waals surface area contributed by atoms with E-state index in [4.69, 9.17) is 4.74 Å². The molecule has 1 atom stereocenters. The third-order valence-corrected chi connectivity index (χ3v) is 4.81. The number of rotatable bonds is 14. The van der Waals surface area contributed by atoms with Gasteiger partial charge in [-0.15, -0.1) is 0 Å². The summed E-state index contributed by atoms with van der Waals surface area (Å²) in [6.45, 7) is 4.10. The fourth-order valence-electron chi connectivity index (χ4n) is 3.04. The predicted molar refractivity (Wildman–Crippen MR) is 101 cm³/mol. The van der Waals surface area contributed by atoms with Gasteiger partial charge in [0.05, 0.1) is 31.3 Å². The van der Waals surface area contributed by atoms with E-state index in [2.05, 4.69) is 13.8 Å². The molecule has 0 fully saturated rings. The standard InChI is InChI=1S/C21H36O4/c1-18(2)11-7-4-3-5-10-14-25-20(19-12-8-6-9-13-19)21(15-22,16-23)17-24/h6,8-9,12-13,18,20,22-24H,3-5,7,10-11,14-17H2,1-2H3. The minimum absolute atomic E-state index is 0.325. The first-order chi connectivity index (χ1) is 12.1. The van der Waals surface area contributed by atoms with E-state index in [1.165, 1.54) is 25.7 Å². The molecule has 0 spiro atoms. The maximum absolute atomic E-state index is 9.75. The minimum atomic E-state index is -1.07. The highest BCUT2D eigenvalue weighted by molar-refractivity contribution is 5.20. The summed E-state index contributed by atoms with van der Waals surface area (Å²) in [6.07, 6.45) is 6.58. The molecule has 0 aliphatic carbocycles. The molecule has 0 saturated carbocycles. The number of ether oxygens (including phenoxy) is 1. The number of hydrogen-bond acceptors (Lipinski definition) is 4. The van der Waals surface area contributed by atoms with Crippen LogP contribution in [0.4, 0.5) is 0 Å². The molecule has 1 rings (SSSR count). The van der Waals surface area contributed by atoms with E-state index in [1.54, 1.807) is 0 Å². The Bertz CT molecular complexity index is 421. The van der Waals surface area contributed by atoms with Crippen molar-refractivity contribution in [2.45, 2.75) is 58.5 Å². The van der Waals surface area contributed by atoms with Crippen LogP contribution < -0.4 is 0 Å². The summed E-state index contributed by atoms with van der Waals surface area (Å²) in [5.41, 5.74) is -0.199. The molecule has 4 nitrogen and oxygen atoms in total. The van der Waals surface area contributed by atoms with Gasteiger partial charge < -0.3 is 20.1 Å². The Kier molecular flexibility index (Phi) is 11.0. The molecule has 0 amide bonds. The summed E-state index contributed by atoms with van der Waals surface area (Å²) >= 11 is 0. The molecule has 1 aromatic rings. The van der Waals surface area contributed by atoms with Crippen LogP contribution in [0.25, 0.3) is 0 Å². The van der Waals surface area contributed by atoms with Crippen molar-refractivity contribution >= 4 is 0 Å². The van der Waals surface area contributed by atoms with Gasteiger partial charge in [-0.25, -0.2) is 0 Å². The average Bonchev–Trinajstić information content (AvgIpc) is 2.64. The van der Waals surface area contributed by atoms with Gasteiger partial charge in [0, 0.05) is 6.61 Å². The average molecular weight is 353 g/mol. The van der Waals surface area contributed by atoms with Crippen molar-refractivity contribution in [3.05, 3.63) is 35.9 Å². The van der Waals surface area contributed by atoms with Gasteiger partial charge in [-0.2, -0.15) is 0 Å². The lowest BCUT2D eigenvalue weighted by atomic mass is 9.80. The van der Waals surface area contributed by atoms with Crippen LogP contribution in [0.3, 0.4) is 0 Å². The Labute approximate surface area is 152 Å². The quantitative estimate of drug-likeness (QED) is 0.447. The summed E-state index contributed by atoms with van der Waals surface area (Å²) in [7, 11) is 0. The van der Waals surface area contributed by atoms with Crippen molar-refractivity contribution < 1.29 is 20.1 Å². The zero-order chi connectivity index (χ0) is 18.5. The zero-order valence-corrected chi connectivity index (χ0v) is 15.9. The van der Waals surface area contributed by atoms with Gasteiger partial charge in [0.1, 0.15) is 0 Å². The van der Waals surface area contributed by atoms with Crippen molar-refractivity contribution in [1.82, 2.24) is 0 Å². The van der Waals surface area contributed by atoms with Gasteiger partial charge >= 0.3 is 0 Å². The van der Waals surface area contributed by atoms with Crippen LogP contribution in [-0.4, -0.2) is 41.7 Å². The number of aliphatic hydroxyl groups excluding tert-OH is 3. The highest BCUT2D eigenvalue weighted by Gasteiger charge is 2.39. The molecule has 144 valence electrons. The van der Waals surface area contributed by atoms with Crippen molar-refractivity contribution in [1.29, 1.82) is 0 Å². The number of hydrogen-bond donors (Lipinski definition) is 3. The van der Waals surface area contributed by atoms with E-state index < -0.39 is 11.5 Å². The number of aliphatic hydroxyl groups is 3. The first-order valence-electron chi connectivity index (χ1n) is 9.58. The lowest BCUT2D eigenvalue weighted by Gasteiger charge is -2.36. The Morgan fingerprint density at radius 3 is 1.96 bits per heavy atom. The third kappa shape index (κ3) is 7.45. The predicted octanol–water partition coefficient (Wildman–Crippen LogP) is 3.70. The van der Waals surface area contributed by atoms with Crippen LogP contribution >= 0.6 is 0 Å². The van der Waals surface area contributed by atoms with Crippen LogP contribution in [0.1, 0.15) is 64.0 Å². The molecule has 0 aromatic heterocycles. The van der Waals surface area contributed by atoms with E-state index in [1.807, 2.05) is 30.3 Å². The molecular weight excluding hydrogens is 316 g/mol. The largest absolute Gasteiger partial charge is 0.395 e. The van der Waals surface area contributed by atoms with E-state index in [0.29, 0.717) is 6.61 Å². The van der Waals surface area contributed by atoms with Gasteiger partial charge in [0.2, 0.25) is 0 Å². The molecule has 0 radical (unpaired) electrons. The summed E-state index contributed by atoms with van der Waals surface area (Å²) < 4.78 is 6.03. The summed E-state index contributed by atoms with van der Waals surface area (Å²) in [5.74, 6) is 0.776. The molecule has 1 aromatic carbocycles. The van der Waals surface area contributed by atoms with Crippen LogP contribution in [0, 0.1) is 11.3 Å².